The van der Waals surface area contributed by atoms with Crippen LogP contribution in [-0.2, 0) is 13.2 Å². The number of hydrogen-bond acceptors (Lipinski definition) is 6. The summed E-state index contributed by atoms with van der Waals surface area (Å²) in [4.78, 5) is 21.3. The van der Waals surface area contributed by atoms with Crippen molar-refractivity contribution in [2.45, 2.75) is 13.2 Å². The van der Waals surface area contributed by atoms with Crippen molar-refractivity contribution in [2.75, 3.05) is 33.3 Å². The molecule has 1 fully saturated rings. The number of carbonyl (C=O) groups excluding carboxylic acids is 1. The number of rotatable bonds is 7. The van der Waals surface area contributed by atoms with E-state index in [1.807, 2.05) is 53.6 Å². The van der Waals surface area contributed by atoms with Gasteiger partial charge in [-0.15, -0.1) is 0 Å². The van der Waals surface area contributed by atoms with Gasteiger partial charge in [0.15, 0.2) is 5.69 Å². The molecule has 0 aliphatic carbocycles. The van der Waals surface area contributed by atoms with Crippen LogP contribution in [0.25, 0.3) is 0 Å². The second-order valence-electron chi connectivity index (χ2n) is 7.14. The lowest BCUT2D eigenvalue weighted by molar-refractivity contribution is 0.0621. The number of hydrogen-bond donors (Lipinski definition) is 1. The van der Waals surface area contributed by atoms with Crippen molar-refractivity contribution in [3.63, 3.8) is 0 Å². The minimum Gasteiger partial charge on any atom is -0.497 e. The topological polar surface area (TPSA) is 83.6 Å². The third-order valence-corrected chi connectivity index (χ3v) is 5.06. The van der Waals surface area contributed by atoms with E-state index in [9.17, 15) is 4.79 Å². The molecule has 30 heavy (non-hydrogen) atoms. The number of benzene rings is 1. The third kappa shape index (κ3) is 4.96. The summed E-state index contributed by atoms with van der Waals surface area (Å²) in [7, 11) is 1.62. The van der Waals surface area contributed by atoms with Crippen molar-refractivity contribution in [3.8, 4) is 11.5 Å². The number of piperazine rings is 1. The highest BCUT2D eigenvalue weighted by atomic mass is 16.5. The van der Waals surface area contributed by atoms with Crippen LogP contribution in [0.4, 0.5) is 0 Å². The lowest BCUT2D eigenvalue weighted by Gasteiger charge is -2.34. The van der Waals surface area contributed by atoms with Crippen LogP contribution in [-0.4, -0.2) is 64.2 Å². The second kappa shape index (κ2) is 9.41. The zero-order valence-electron chi connectivity index (χ0n) is 17.0. The van der Waals surface area contributed by atoms with Crippen LogP contribution in [0, 0.1) is 0 Å². The zero-order chi connectivity index (χ0) is 20.8. The minimum atomic E-state index is -0.0589. The van der Waals surface area contributed by atoms with E-state index in [1.165, 1.54) is 0 Å². The molecule has 0 atom stereocenters. The molecule has 1 aliphatic heterocycles. The molecule has 8 heteroatoms. The van der Waals surface area contributed by atoms with Crippen LogP contribution >= 0.6 is 0 Å². The number of methoxy groups -OCH3 is 1. The normalized spacial score (nSPS) is 14.5. The van der Waals surface area contributed by atoms with Gasteiger partial charge in [-0.3, -0.25) is 19.8 Å². The molecule has 0 unspecified atom stereocenters. The van der Waals surface area contributed by atoms with Gasteiger partial charge in [-0.25, -0.2) is 0 Å². The second-order valence-corrected chi connectivity index (χ2v) is 7.14. The lowest BCUT2D eigenvalue weighted by Crippen LogP contribution is -2.48. The molecule has 1 aliphatic rings. The van der Waals surface area contributed by atoms with Crippen LogP contribution in [0.2, 0.25) is 0 Å². The average molecular weight is 407 g/mol. The van der Waals surface area contributed by atoms with Crippen LogP contribution in [0.5, 0.6) is 11.5 Å². The quantitative estimate of drug-likeness (QED) is 0.647. The van der Waals surface area contributed by atoms with Crippen molar-refractivity contribution in [1.29, 1.82) is 0 Å². The molecule has 2 aromatic heterocycles. The van der Waals surface area contributed by atoms with E-state index in [0.29, 0.717) is 31.1 Å². The molecule has 1 aromatic carbocycles. The van der Waals surface area contributed by atoms with E-state index >= 15 is 0 Å². The van der Waals surface area contributed by atoms with Crippen LogP contribution in [0.3, 0.4) is 0 Å². The van der Waals surface area contributed by atoms with Crippen LogP contribution in [0.1, 0.15) is 21.9 Å². The molecule has 0 bridgehead atoms. The Morgan fingerprint density at radius 1 is 1.07 bits per heavy atom. The first kappa shape index (κ1) is 19.9. The van der Waals surface area contributed by atoms with Crippen molar-refractivity contribution in [3.05, 3.63) is 71.8 Å². The number of nitrogens with zero attached hydrogens (tertiary/aromatic N) is 4. The fourth-order valence-corrected chi connectivity index (χ4v) is 3.39. The van der Waals surface area contributed by atoms with Gasteiger partial charge < -0.3 is 14.4 Å². The third-order valence-electron chi connectivity index (χ3n) is 5.06. The molecule has 3 aromatic rings. The Bertz CT molecular complexity index is 968. The van der Waals surface area contributed by atoms with E-state index in [-0.39, 0.29) is 5.91 Å². The van der Waals surface area contributed by atoms with Crippen molar-refractivity contribution < 1.29 is 14.3 Å². The number of nitrogens with one attached hydrogen (secondary N) is 1. The molecule has 1 N–H and O–H groups in total. The summed E-state index contributed by atoms with van der Waals surface area (Å²) in [5.74, 6) is 1.37. The zero-order valence-corrected chi connectivity index (χ0v) is 17.0. The molecule has 8 nitrogen and oxygen atoms in total. The van der Waals surface area contributed by atoms with Gasteiger partial charge in [-0.2, -0.15) is 5.10 Å². The fraction of sp³-hybridized carbons (Fsp3) is 0.318. The molecule has 0 saturated carbocycles. The molecule has 3 heterocycles. The summed E-state index contributed by atoms with van der Waals surface area (Å²) < 4.78 is 10.9. The maximum atomic E-state index is 12.8. The highest BCUT2D eigenvalue weighted by molar-refractivity contribution is 5.92. The van der Waals surface area contributed by atoms with Gasteiger partial charge in [-0.1, -0.05) is 12.1 Å². The Kier molecular flexibility index (Phi) is 6.24. The van der Waals surface area contributed by atoms with Crippen LogP contribution < -0.4 is 9.47 Å². The number of ether oxygens (including phenoxy) is 2. The Hall–Kier alpha value is -3.39. The lowest BCUT2D eigenvalue weighted by atomic mass is 10.2. The number of aromatic amines is 1. The highest BCUT2D eigenvalue weighted by Gasteiger charge is 2.24. The number of pyridine rings is 1. The summed E-state index contributed by atoms with van der Waals surface area (Å²) in [5.41, 5.74) is 2.21. The fourth-order valence-electron chi connectivity index (χ4n) is 3.39. The van der Waals surface area contributed by atoms with Crippen molar-refractivity contribution in [2.24, 2.45) is 0 Å². The van der Waals surface area contributed by atoms with Crippen LogP contribution in [0.15, 0.2) is 54.7 Å². The maximum Gasteiger partial charge on any atom is 0.274 e. The van der Waals surface area contributed by atoms with Gasteiger partial charge in [-0.05, 0) is 30.3 Å². The van der Waals surface area contributed by atoms with Crippen molar-refractivity contribution >= 4 is 5.91 Å². The molecule has 0 spiro atoms. The largest absolute Gasteiger partial charge is 0.497 e. The summed E-state index contributed by atoms with van der Waals surface area (Å²) >= 11 is 0. The summed E-state index contributed by atoms with van der Waals surface area (Å²) in [6, 6.07) is 15.1. The minimum absolute atomic E-state index is 0.0589. The van der Waals surface area contributed by atoms with E-state index < -0.39 is 0 Å². The summed E-state index contributed by atoms with van der Waals surface area (Å²) in [5, 5.41) is 7.07. The Morgan fingerprint density at radius 2 is 1.90 bits per heavy atom. The molecule has 1 amide bonds. The smallest absolute Gasteiger partial charge is 0.274 e. The van der Waals surface area contributed by atoms with E-state index in [0.717, 1.165) is 36.8 Å². The van der Waals surface area contributed by atoms with E-state index in [1.54, 1.807) is 13.2 Å². The van der Waals surface area contributed by atoms with Gasteiger partial charge in [0.05, 0.1) is 18.5 Å². The summed E-state index contributed by atoms with van der Waals surface area (Å²) in [6.07, 6.45) is 1.81. The Labute approximate surface area is 175 Å². The molecule has 0 radical (unpaired) electrons. The predicted octanol–water partition coefficient (Wildman–Crippen LogP) is 2.35. The first-order valence-corrected chi connectivity index (χ1v) is 9.94. The van der Waals surface area contributed by atoms with Gasteiger partial charge in [0, 0.05) is 45.0 Å². The standard InChI is InChI=1S/C22H25N5O3/c1-29-19-6-4-7-20(14-19)30-16-18-13-21(25-24-18)22(28)27-11-9-26(10-12-27)15-17-5-2-3-8-23-17/h2-8,13-14H,9-12,15-16H2,1H3,(H,24,25). The van der Waals surface area contributed by atoms with E-state index in [4.69, 9.17) is 9.47 Å². The SMILES string of the molecule is COc1cccc(OCc2cc(C(=O)N3CCN(Cc4ccccn4)CC3)n[nH]2)c1. The number of aromatic nitrogens is 3. The van der Waals surface area contributed by atoms with Gasteiger partial charge in [0.1, 0.15) is 18.1 Å². The first-order chi connectivity index (χ1) is 14.7. The summed E-state index contributed by atoms with van der Waals surface area (Å²) in [6.45, 7) is 4.09. The molecular weight excluding hydrogens is 382 g/mol. The number of carbonyl (C=O) groups is 1. The molecule has 1 saturated heterocycles. The maximum absolute atomic E-state index is 12.8. The first-order valence-electron chi connectivity index (χ1n) is 9.94. The van der Waals surface area contributed by atoms with Crippen molar-refractivity contribution in [1.82, 2.24) is 25.0 Å². The average Bonchev–Trinajstić information content (AvgIpc) is 3.28. The van der Waals surface area contributed by atoms with Gasteiger partial charge in [0.2, 0.25) is 0 Å². The monoisotopic (exact) mass is 407 g/mol. The molecular formula is C22H25N5O3. The number of H-pyrrole nitrogens is 1. The number of amides is 1. The molecule has 4 rings (SSSR count). The Balaban J connectivity index is 1.28. The predicted molar refractivity (Wildman–Crippen MR) is 111 cm³/mol. The Morgan fingerprint density at radius 3 is 2.67 bits per heavy atom. The van der Waals surface area contributed by atoms with E-state index in [2.05, 4.69) is 20.1 Å². The molecule has 156 valence electrons. The highest BCUT2D eigenvalue weighted by Crippen LogP contribution is 2.20. The van der Waals surface area contributed by atoms with Gasteiger partial charge in [0.25, 0.3) is 5.91 Å². The van der Waals surface area contributed by atoms with Gasteiger partial charge >= 0.3 is 0 Å².